The van der Waals surface area contributed by atoms with E-state index in [0.717, 1.165) is 31.5 Å². The molecule has 0 aromatic rings. The van der Waals surface area contributed by atoms with Gasteiger partial charge in [0.1, 0.15) is 5.71 Å². The maximum atomic E-state index is 8.20. The lowest BCUT2D eigenvalue weighted by Gasteiger charge is -2.23. The van der Waals surface area contributed by atoms with Crippen LogP contribution >= 0.6 is 0 Å². The molecular weight excluding hydrogens is 238 g/mol. The fourth-order valence-electron chi connectivity index (χ4n) is 2.16. The fraction of sp³-hybridized carbons (Fsp3) is 0.733. The van der Waals surface area contributed by atoms with E-state index in [9.17, 15) is 0 Å². The monoisotopic (exact) mass is 265 g/mol. The van der Waals surface area contributed by atoms with Gasteiger partial charge in [0.15, 0.2) is 0 Å². The molecule has 0 unspecified atom stereocenters. The average molecular weight is 265 g/mol. The highest BCUT2D eigenvalue weighted by molar-refractivity contribution is 6.44. The zero-order chi connectivity index (χ0) is 14.1. The van der Waals surface area contributed by atoms with Gasteiger partial charge in [-0.2, -0.15) is 0 Å². The van der Waals surface area contributed by atoms with Gasteiger partial charge in [-0.1, -0.05) is 32.3 Å². The molecule has 108 valence electrons. The van der Waals surface area contributed by atoms with Crippen molar-refractivity contribution in [2.45, 2.75) is 39.0 Å². The largest absolute Gasteiger partial charge is 0.476 e. The van der Waals surface area contributed by atoms with Gasteiger partial charge in [-0.25, -0.2) is 0 Å². The molecule has 1 aliphatic rings. The van der Waals surface area contributed by atoms with Gasteiger partial charge in [0.25, 0.3) is 0 Å². The Kier molecular flexibility index (Phi) is 7.41. The van der Waals surface area contributed by atoms with E-state index in [2.05, 4.69) is 29.9 Å². The molecule has 1 rings (SSSR count). The van der Waals surface area contributed by atoms with Crippen molar-refractivity contribution in [1.29, 1.82) is 5.41 Å². The van der Waals surface area contributed by atoms with Crippen LogP contribution in [-0.4, -0.2) is 50.3 Å². The zero-order valence-electron chi connectivity index (χ0n) is 12.5. The summed E-state index contributed by atoms with van der Waals surface area (Å²) in [6.45, 7) is 4.74. The van der Waals surface area contributed by atoms with E-state index in [4.69, 9.17) is 10.1 Å². The van der Waals surface area contributed by atoms with E-state index in [1.165, 1.54) is 19.3 Å². The second-order valence-electron chi connectivity index (χ2n) is 5.07. The maximum absolute atomic E-state index is 8.20. The minimum Gasteiger partial charge on any atom is -0.476 e. The minimum absolute atomic E-state index is 0.449. The van der Waals surface area contributed by atoms with E-state index in [-0.39, 0.29) is 0 Å². The van der Waals surface area contributed by atoms with Crippen molar-refractivity contribution in [3.05, 3.63) is 11.6 Å². The van der Waals surface area contributed by atoms with E-state index < -0.39 is 0 Å². The summed E-state index contributed by atoms with van der Waals surface area (Å²) in [5.41, 5.74) is 1.48. The second kappa shape index (κ2) is 8.86. The first kappa shape index (κ1) is 15.9. The van der Waals surface area contributed by atoms with Crippen LogP contribution in [0.1, 0.15) is 39.0 Å². The summed E-state index contributed by atoms with van der Waals surface area (Å²) in [5, 5.41) is 8.20. The lowest BCUT2D eigenvalue weighted by atomic mass is 10.1. The molecule has 0 spiro atoms. The Labute approximate surface area is 117 Å². The lowest BCUT2D eigenvalue weighted by Crippen LogP contribution is -2.31. The molecule has 0 amide bonds. The number of nitrogens with zero attached hydrogens (tertiary/aromatic N) is 2. The third kappa shape index (κ3) is 5.55. The minimum atomic E-state index is 0.449. The molecule has 0 aromatic carbocycles. The van der Waals surface area contributed by atoms with Crippen LogP contribution in [0.2, 0.25) is 0 Å². The summed E-state index contributed by atoms with van der Waals surface area (Å²) >= 11 is 0. The third-order valence-electron chi connectivity index (χ3n) is 3.32. The van der Waals surface area contributed by atoms with Gasteiger partial charge in [-0.05, 0) is 25.5 Å². The Balaban J connectivity index is 2.42. The Morgan fingerprint density at radius 3 is 2.84 bits per heavy atom. The van der Waals surface area contributed by atoms with Crippen molar-refractivity contribution in [2.24, 2.45) is 4.99 Å². The predicted molar refractivity (Wildman–Crippen MR) is 81.4 cm³/mol. The van der Waals surface area contributed by atoms with Crippen molar-refractivity contribution in [1.82, 2.24) is 4.90 Å². The van der Waals surface area contributed by atoms with Crippen molar-refractivity contribution in [2.75, 3.05) is 33.8 Å². The molecule has 19 heavy (non-hydrogen) atoms. The zero-order valence-corrected chi connectivity index (χ0v) is 12.5. The highest BCUT2D eigenvalue weighted by Gasteiger charge is 2.17. The number of likely N-dealkylation sites (N-methyl/N-ethyl adjacent to an activating group) is 1. The number of hydrogen-bond acceptors (Lipinski definition) is 4. The molecule has 0 saturated carbocycles. The van der Waals surface area contributed by atoms with Gasteiger partial charge in [0.2, 0.25) is 5.90 Å². The second-order valence-corrected chi connectivity index (χ2v) is 5.07. The van der Waals surface area contributed by atoms with E-state index in [1.807, 2.05) is 0 Å². The van der Waals surface area contributed by atoms with Gasteiger partial charge in [-0.3, -0.25) is 10.4 Å². The molecule has 1 aliphatic heterocycles. The average Bonchev–Trinajstić information content (AvgIpc) is 2.42. The molecule has 0 atom stereocenters. The smallest absolute Gasteiger partial charge is 0.234 e. The number of unbranched alkanes of at least 4 members (excludes halogenated alkanes) is 3. The standard InChI is InChI=1S/C15H27N3O/c1-4-5-6-7-11-19-15(17-2)14(16)13-9-8-10-18(3)12-13/h9,16H,4-8,10-12H2,1-3H3. The van der Waals surface area contributed by atoms with Crippen LogP contribution in [0, 0.1) is 5.41 Å². The van der Waals surface area contributed by atoms with Crippen LogP contribution in [0.15, 0.2) is 16.6 Å². The molecule has 4 nitrogen and oxygen atoms in total. The Morgan fingerprint density at radius 2 is 2.21 bits per heavy atom. The van der Waals surface area contributed by atoms with Crippen LogP contribution < -0.4 is 0 Å². The maximum Gasteiger partial charge on any atom is 0.234 e. The predicted octanol–water partition coefficient (Wildman–Crippen LogP) is 2.89. The number of aliphatic imine (C=N–C) groups is 1. The van der Waals surface area contributed by atoms with Crippen molar-refractivity contribution in [3.8, 4) is 0 Å². The summed E-state index contributed by atoms with van der Waals surface area (Å²) in [7, 11) is 3.78. The molecule has 0 fully saturated rings. The SMILES string of the molecule is CCCCCCOC(=NC)C(=N)C1=CCCN(C)C1. The molecule has 0 saturated heterocycles. The highest BCUT2D eigenvalue weighted by Crippen LogP contribution is 2.10. The molecule has 0 aliphatic carbocycles. The Morgan fingerprint density at radius 1 is 1.42 bits per heavy atom. The quantitative estimate of drug-likeness (QED) is 0.437. The van der Waals surface area contributed by atoms with Gasteiger partial charge < -0.3 is 9.64 Å². The van der Waals surface area contributed by atoms with Crippen LogP contribution in [-0.2, 0) is 4.74 Å². The van der Waals surface area contributed by atoms with Crippen molar-refractivity contribution < 1.29 is 4.74 Å². The van der Waals surface area contributed by atoms with Gasteiger partial charge in [0.05, 0.1) is 6.61 Å². The lowest BCUT2D eigenvalue weighted by molar-refractivity contribution is 0.297. The molecule has 0 radical (unpaired) electrons. The third-order valence-corrected chi connectivity index (χ3v) is 3.32. The number of rotatable bonds is 7. The first-order valence-corrected chi connectivity index (χ1v) is 7.25. The first-order valence-electron chi connectivity index (χ1n) is 7.25. The first-order chi connectivity index (χ1) is 9.19. The van der Waals surface area contributed by atoms with Crippen LogP contribution in [0.25, 0.3) is 0 Å². The highest BCUT2D eigenvalue weighted by atomic mass is 16.5. The van der Waals surface area contributed by atoms with Crippen LogP contribution in [0.5, 0.6) is 0 Å². The van der Waals surface area contributed by atoms with E-state index >= 15 is 0 Å². The molecule has 0 aromatic heterocycles. The summed E-state index contributed by atoms with van der Waals surface area (Å²) in [6.07, 6.45) is 7.83. The number of hydrogen-bond donors (Lipinski definition) is 1. The van der Waals surface area contributed by atoms with Crippen molar-refractivity contribution >= 4 is 11.6 Å². The molecule has 1 heterocycles. The number of nitrogens with one attached hydrogen (secondary N) is 1. The molecule has 1 N–H and O–H groups in total. The van der Waals surface area contributed by atoms with Gasteiger partial charge >= 0.3 is 0 Å². The molecule has 4 heteroatoms. The summed E-state index contributed by atoms with van der Waals surface area (Å²) in [5.74, 6) is 0.484. The Bertz CT molecular complexity index is 347. The topological polar surface area (TPSA) is 48.7 Å². The van der Waals surface area contributed by atoms with Crippen LogP contribution in [0.3, 0.4) is 0 Å². The molecule has 0 bridgehead atoms. The molecular formula is C15H27N3O. The van der Waals surface area contributed by atoms with Gasteiger partial charge in [0, 0.05) is 20.1 Å². The normalized spacial score (nSPS) is 17.2. The summed E-state index contributed by atoms with van der Waals surface area (Å²) in [6, 6.07) is 0. The van der Waals surface area contributed by atoms with E-state index in [0.29, 0.717) is 18.2 Å². The number of ether oxygens (including phenoxy) is 1. The fourth-order valence-corrected chi connectivity index (χ4v) is 2.16. The van der Waals surface area contributed by atoms with E-state index in [1.54, 1.807) is 7.05 Å². The Hall–Kier alpha value is -1.16. The summed E-state index contributed by atoms with van der Waals surface area (Å²) < 4.78 is 5.65. The van der Waals surface area contributed by atoms with Crippen molar-refractivity contribution in [3.63, 3.8) is 0 Å². The van der Waals surface area contributed by atoms with Crippen LogP contribution in [0.4, 0.5) is 0 Å². The summed E-state index contributed by atoms with van der Waals surface area (Å²) in [4.78, 5) is 6.34. The van der Waals surface area contributed by atoms with Gasteiger partial charge in [-0.15, -0.1) is 0 Å².